The van der Waals surface area contributed by atoms with E-state index in [2.05, 4.69) is 15.9 Å². The van der Waals surface area contributed by atoms with Gasteiger partial charge in [-0.2, -0.15) is 0 Å². The Morgan fingerprint density at radius 3 is 3.21 bits per heavy atom. The monoisotopic (exact) mass is 343 g/mol. The molecular formula is C14H18BrNO2S. The van der Waals surface area contributed by atoms with Gasteiger partial charge in [-0.05, 0) is 57.8 Å². The van der Waals surface area contributed by atoms with Crippen LogP contribution < -0.4 is 0 Å². The number of carbonyl (C=O) groups is 1. The number of nitrogens with zero attached hydrogens (tertiary/aromatic N) is 1. The second kappa shape index (κ2) is 7.22. The summed E-state index contributed by atoms with van der Waals surface area (Å²) in [5, 5.41) is 2.03. The molecule has 0 saturated carbocycles. The van der Waals surface area contributed by atoms with Gasteiger partial charge in [0.05, 0.1) is 10.4 Å². The fourth-order valence-corrected chi connectivity index (χ4v) is 3.46. The summed E-state index contributed by atoms with van der Waals surface area (Å²) < 4.78 is 6.26. The highest BCUT2D eigenvalue weighted by Crippen LogP contribution is 2.22. The summed E-state index contributed by atoms with van der Waals surface area (Å²) >= 11 is 5.04. The number of piperidine rings is 1. The molecule has 0 spiro atoms. The number of hydrogen-bond donors (Lipinski definition) is 0. The molecule has 2 rings (SSSR count). The van der Waals surface area contributed by atoms with Gasteiger partial charge in [0.25, 0.3) is 0 Å². The van der Waals surface area contributed by atoms with Crippen LogP contribution in [-0.4, -0.2) is 37.6 Å². The van der Waals surface area contributed by atoms with Gasteiger partial charge in [0.1, 0.15) is 0 Å². The number of amides is 1. The second-order valence-corrected chi connectivity index (χ2v) is 7.06. The van der Waals surface area contributed by atoms with Gasteiger partial charge < -0.3 is 9.64 Å². The fraction of sp³-hybridized carbons (Fsp3) is 0.500. The lowest BCUT2D eigenvalue weighted by atomic mass is 9.99. The van der Waals surface area contributed by atoms with Crippen molar-refractivity contribution in [2.75, 3.05) is 26.8 Å². The highest BCUT2D eigenvalue weighted by Gasteiger charge is 2.22. The van der Waals surface area contributed by atoms with Crippen LogP contribution in [0.3, 0.4) is 0 Å². The molecule has 1 aromatic heterocycles. The van der Waals surface area contributed by atoms with Gasteiger partial charge in [0.2, 0.25) is 5.91 Å². The van der Waals surface area contributed by atoms with Crippen LogP contribution in [0.4, 0.5) is 0 Å². The fourth-order valence-electron chi connectivity index (χ4n) is 2.32. The van der Waals surface area contributed by atoms with E-state index in [9.17, 15) is 4.79 Å². The summed E-state index contributed by atoms with van der Waals surface area (Å²) in [6, 6.07) is 2.01. The van der Waals surface area contributed by atoms with Gasteiger partial charge in [-0.3, -0.25) is 4.79 Å². The molecular weight excluding hydrogens is 326 g/mol. The molecule has 1 aromatic rings. The van der Waals surface area contributed by atoms with E-state index < -0.39 is 0 Å². The summed E-state index contributed by atoms with van der Waals surface area (Å²) in [6.45, 7) is 2.41. The van der Waals surface area contributed by atoms with Crippen molar-refractivity contribution in [1.29, 1.82) is 0 Å². The van der Waals surface area contributed by atoms with E-state index in [1.807, 2.05) is 22.4 Å². The maximum absolute atomic E-state index is 12.1. The van der Waals surface area contributed by atoms with Crippen molar-refractivity contribution >= 4 is 39.2 Å². The smallest absolute Gasteiger partial charge is 0.246 e. The first-order chi connectivity index (χ1) is 9.19. The normalized spacial score (nSPS) is 20.1. The summed E-state index contributed by atoms with van der Waals surface area (Å²) in [6.07, 6.45) is 5.77. The van der Waals surface area contributed by atoms with Crippen LogP contribution >= 0.6 is 27.3 Å². The zero-order valence-electron chi connectivity index (χ0n) is 11.0. The van der Waals surface area contributed by atoms with Crippen molar-refractivity contribution in [3.63, 3.8) is 0 Å². The summed E-state index contributed by atoms with van der Waals surface area (Å²) in [5.74, 6) is 0.578. The SMILES string of the molecule is COC[C@@H]1CCCN(C(=O)/C=C\c2csc(Br)c2)C1. The van der Waals surface area contributed by atoms with E-state index in [1.54, 1.807) is 24.5 Å². The molecule has 1 atom stereocenters. The molecule has 0 unspecified atom stereocenters. The van der Waals surface area contributed by atoms with Crippen molar-refractivity contribution in [2.24, 2.45) is 5.92 Å². The Bertz CT molecular complexity index is 456. The van der Waals surface area contributed by atoms with Gasteiger partial charge in [-0.15, -0.1) is 11.3 Å². The van der Waals surface area contributed by atoms with Crippen LogP contribution in [-0.2, 0) is 9.53 Å². The van der Waals surface area contributed by atoms with Crippen LogP contribution in [0.5, 0.6) is 0 Å². The average Bonchev–Trinajstić information content (AvgIpc) is 2.82. The number of thiophene rings is 1. The number of carbonyl (C=O) groups excluding carboxylic acids is 1. The summed E-state index contributed by atoms with van der Waals surface area (Å²) in [7, 11) is 1.72. The number of methoxy groups -OCH3 is 1. The molecule has 104 valence electrons. The first-order valence-corrected chi connectivity index (χ1v) is 8.06. The van der Waals surface area contributed by atoms with Gasteiger partial charge in [0, 0.05) is 26.3 Å². The van der Waals surface area contributed by atoms with E-state index in [0.717, 1.165) is 41.9 Å². The van der Waals surface area contributed by atoms with Crippen LogP contribution in [0.15, 0.2) is 21.3 Å². The first kappa shape index (κ1) is 14.8. The maximum Gasteiger partial charge on any atom is 0.246 e. The van der Waals surface area contributed by atoms with Crippen molar-refractivity contribution < 1.29 is 9.53 Å². The molecule has 1 aliphatic heterocycles. The molecule has 3 nitrogen and oxygen atoms in total. The third-order valence-electron chi connectivity index (χ3n) is 3.24. The topological polar surface area (TPSA) is 29.5 Å². The highest BCUT2D eigenvalue weighted by atomic mass is 79.9. The molecule has 0 aliphatic carbocycles. The van der Waals surface area contributed by atoms with Gasteiger partial charge in [-0.1, -0.05) is 0 Å². The Hall–Kier alpha value is -0.650. The van der Waals surface area contributed by atoms with Gasteiger partial charge in [-0.25, -0.2) is 0 Å². The molecule has 0 bridgehead atoms. The van der Waals surface area contributed by atoms with Crippen molar-refractivity contribution in [1.82, 2.24) is 4.90 Å². The van der Waals surface area contributed by atoms with E-state index in [1.165, 1.54) is 0 Å². The lowest BCUT2D eigenvalue weighted by molar-refractivity contribution is -0.128. The lowest BCUT2D eigenvalue weighted by Gasteiger charge is -2.31. The zero-order chi connectivity index (χ0) is 13.7. The van der Waals surface area contributed by atoms with Crippen molar-refractivity contribution in [2.45, 2.75) is 12.8 Å². The minimum atomic E-state index is 0.100. The maximum atomic E-state index is 12.1. The van der Waals surface area contributed by atoms with E-state index >= 15 is 0 Å². The predicted octanol–water partition coefficient (Wildman–Crippen LogP) is 3.41. The van der Waals surface area contributed by atoms with Crippen LogP contribution in [0.25, 0.3) is 6.08 Å². The largest absolute Gasteiger partial charge is 0.384 e. The molecule has 19 heavy (non-hydrogen) atoms. The third-order valence-corrected chi connectivity index (χ3v) is 4.76. The quantitative estimate of drug-likeness (QED) is 0.784. The van der Waals surface area contributed by atoms with E-state index in [0.29, 0.717) is 5.92 Å². The predicted molar refractivity (Wildman–Crippen MR) is 82.2 cm³/mol. The van der Waals surface area contributed by atoms with Crippen molar-refractivity contribution in [3.05, 3.63) is 26.9 Å². The molecule has 0 radical (unpaired) electrons. The van der Waals surface area contributed by atoms with Gasteiger partial charge >= 0.3 is 0 Å². The Morgan fingerprint density at radius 2 is 2.53 bits per heavy atom. The van der Waals surface area contributed by atoms with Crippen LogP contribution in [0.1, 0.15) is 18.4 Å². The average molecular weight is 344 g/mol. The van der Waals surface area contributed by atoms with Crippen LogP contribution in [0, 0.1) is 5.92 Å². The molecule has 1 amide bonds. The molecule has 5 heteroatoms. The molecule has 1 aliphatic rings. The third kappa shape index (κ3) is 4.44. The zero-order valence-corrected chi connectivity index (χ0v) is 13.4. The standard InChI is InChI=1S/C14H18BrNO2S/c1-18-9-12-3-2-6-16(8-12)14(17)5-4-11-7-13(15)19-10-11/h4-5,7,10,12H,2-3,6,8-9H2,1H3/b5-4-/t12-/m1/s1. The van der Waals surface area contributed by atoms with E-state index in [-0.39, 0.29) is 5.91 Å². The Morgan fingerprint density at radius 1 is 1.68 bits per heavy atom. The minimum absolute atomic E-state index is 0.100. The Labute approximate surface area is 126 Å². The Balaban J connectivity index is 1.90. The Kier molecular flexibility index (Phi) is 5.60. The number of hydrogen-bond acceptors (Lipinski definition) is 3. The lowest BCUT2D eigenvalue weighted by Crippen LogP contribution is -2.40. The minimum Gasteiger partial charge on any atom is -0.384 e. The highest BCUT2D eigenvalue weighted by molar-refractivity contribution is 9.11. The number of halogens is 1. The molecule has 0 N–H and O–H groups in total. The summed E-state index contributed by atoms with van der Waals surface area (Å²) in [4.78, 5) is 14.0. The number of ether oxygens (including phenoxy) is 1. The van der Waals surface area contributed by atoms with Crippen LogP contribution in [0.2, 0.25) is 0 Å². The molecule has 1 fully saturated rings. The molecule has 1 saturated heterocycles. The molecule has 0 aromatic carbocycles. The van der Waals surface area contributed by atoms with Gasteiger partial charge in [0.15, 0.2) is 0 Å². The molecule has 2 heterocycles. The van der Waals surface area contributed by atoms with Crippen molar-refractivity contribution in [3.8, 4) is 0 Å². The second-order valence-electron chi connectivity index (χ2n) is 4.77. The number of rotatable bonds is 4. The summed E-state index contributed by atoms with van der Waals surface area (Å²) in [5.41, 5.74) is 1.07. The van der Waals surface area contributed by atoms with E-state index in [4.69, 9.17) is 4.74 Å². The first-order valence-electron chi connectivity index (χ1n) is 6.39. The number of likely N-dealkylation sites (tertiary alicyclic amines) is 1.